The lowest BCUT2D eigenvalue weighted by Crippen LogP contribution is -2.23. The Bertz CT molecular complexity index is 565. The molecule has 0 aliphatic rings. The Kier molecular flexibility index (Phi) is 3.96. The number of nitrogens with one attached hydrogen (secondary N) is 2. The lowest BCUT2D eigenvalue weighted by Gasteiger charge is -2.20. The molecule has 0 atom stereocenters. The monoisotopic (exact) mass is 301 g/mol. The molecule has 1 heterocycles. The number of aromatic amines is 1. The van der Waals surface area contributed by atoms with Crippen LogP contribution in [0, 0.1) is 0 Å². The van der Waals surface area contributed by atoms with Crippen LogP contribution in [0.1, 0.15) is 0 Å². The van der Waals surface area contributed by atoms with Crippen molar-refractivity contribution >= 4 is 21.1 Å². The summed E-state index contributed by atoms with van der Waals surface area (Å²) in [5, 5.41) is 10.6. The second kappa shape index (κ2) is 4.81. The van der Waals surface area contributed by atoms with E-state index in [0.29, 0.717) is 6.20 Å². The zero-order chi connectivity index (χ0) is 14.1. The first-order valence-electron chi connectivity index (χ1n) is 4.17. The van der Waals surface area contributed by atoms with E-state index < -0.39 is 38.0 Å². The minimum absolute atomic E-state index is 0.602. The molecule has 0 bridgehead atoms. The van der Waals surface area contributed by atoms with Gasteiger partial charge in [-0.25, -0.2) is 4.98 Å². The summed E-state index contributed by atoms with van der Waals surface area (Å²) >= 11 is 0. The van der Waals surface area contributed by atoms with Crippen LogP contribution in [0.5, 0.6) is 5.75 Å². The Morgan fingerprint density at radius 1 is 1.22 bits per heavy atom. The maximum absolute atomic E-state index is 10.9. The zero-order valence-corrected chi connectivity index (χ0v) is 10.2. The molecule has 0 unspecified atom stereocenters. The molecule has 1 rings (SSSR count). The van der Waals surface area contributed by atoms with Crippen molar-refractivity contribution in [1.29, 1.82) is 0 Å². The van der Waals surface area contributed by atoms with Crippen LogP contribution in [0.15, 0.2) is 11.0 Å². The summed E-state index contributed by atoms with van der Waals surface area (Å²) < 4.78 is 21.8. The van der Waals surface area contributed by atoms with E-state index in [1.165, 1.54) is 0 Å². The molecule has 0 radical (unpaired) electrons. The van der Waals surface area contributed by atoms with Gasteiger partial charge in [0, 0.05) is 0 Å². The Hall–Kier alpha value is -1.22. The first-order chi connectivity index (χ1) is 8.01. The maximum atomic E-state index is 10.9. The van der Waals surface area contributed by atoms with Crippen molar-refractivity contribution in [3.63, 3.8) is 0 Å². The molecule has 11 nitrogen and oxygen atoms in total. The minimum atomic E-state index is -5.19. The highest BCUT2D eigenvalue weighted by Crippen LogP contribution is 2.59. The molecule has 0 saturated carbocycles. The molecule has 0 amide bonds. The van der Waals surface area contributed by atoms with Crippen molar-refractivity contribution in [2.24, 2.45) is 0 Å². The van der Waals surface area contributed by atoms with Crippen LogP contribution >= 0.6 is 15.2 Å². The maximum Gasteiger partial charge on any atom is 0.360 e. The SMILES string of the molecule is O=c1[nH]c(NC(P(=O)(O)O)P(=O)(O)O)ncc1O. The largest absolute Gasteiger partial charge is 0.502 e. The zero-order valence-electron chi connectivity index (χ0n) is 8.46. The van der Waals surface area contributed by atoms with E-state index >= 15 is 0 Å². The highest BCUT2D eigenvalue weighted by Gasteiger charge is 2.44. The van der Waals surface area contributed by atoms with Gasteiger partial charge in [0.2, 0.25) is 11.5 Å². The molecule has 13 heteroatoms. The van der Waals surface area contributed by atoms with Crippen LogP contribution in [0.2, 0.25) is 0 Å². The summed E-state index contributed by atoms with van der Waals surface area (Å²) in [5.41, 5.74) is -3.58. The van der Waals surface area contributed by atoms with Gasteiger partial charge in [0.15, 0.2) is 5.75 Å². The third-order valence-electron chi connectivity index (χ3n) is 1.68. The van der Waals surface area contributed by atoms with Gasteiger partial charge in [0.1, 0.15) is 0 Å². The highest BCUT2D eigenvalue weighted by atomic mass is 31.2. The van der Waals surface area contributed by atoms with Gasteiger partial charge in [-0.05, 0) is 0 Å². The Labute approximate surface area is 98.8 Å². The number of H-pyrrole nitrogens is 1. The van der Waals surface area contributed by atoms with Gasteiger partial charge < -0.3 is 30.0 Å². The first kappa shape index (κ1) is 14.8. The number of hydrogen-bond acceptors (Lipinski definition) is 6. The number of nitrogens with zero attached hydrogens (tertiary/aromatic N) is 1. The summed E-state index contributed by atoms with van der Waals surface area (Å²) in [6.07, 6.45) is 0.650. The summed E-state index contributed by atoms with van der Waals surface area (Å²) in [5.74, 6) is -1.36. The molecule has 0 aromatic carbocycles. The Balaban J connectivity index is 3.13. The van der Waals surface area contributed by atoms with Crippen LogP contribution in [0.3, 0.4) is 0 Å². The van der Waals surface area contributed by atoms with E-state index in [0.717, 1.165) is 0 Å². The lowest BCUT2D eigenvalue weighted by atomic mass is 10.6. The third kappa shape index (κ3) is 3.64. The topological polar surface area (TPSA) is 193 Å². The molecule has 7 N–H and O–H groups in total. The van der Waals surface area contributed by atoms with Crippen molar-refractivity contribution in [2.75, 3.05) is 5.32 Å². The van der Waals surface area contributed by atoms with Crippen LogP contribution in [-0.4, -0.2) is 40.2 Å². The van der Waals surface area contributed by atoms with Gasteiger partial charge in [0.25, 0.3) is 5.56 Å². The lowest BCUT2D eigenvalue weighted by molar-refractivity contribution is 0.343. The molecule has 102 valence electrons. The molecule has 1 aromatic heterocycles. The highest BCUT2D eigenvalue weighted by molar-refractivity contribution is 7.71. The van der Waals surface area contributed by atoms with Crippen molar-refractivity contribution in [2.45, 2.75) is 5.52 Å². The van der Waals surface area contributed by atoms with Gasteiger partial charge in [-0.3, -0.25) is 18.9 Å². The van der Waals surface area contributed by atoms with Crippen LogP contribution in [0.4, 0.5) is 5.95 Å². The van der Waals surface area contributed by atoms with E-state index in [-0.39, 0.29) is 0 Å². The number of hydrogen-bond donors (Lipinski definition) is 7. The van der Waals surface area contributed by atoms with Crippen LogP contribution in [0.25, 0.3) is 0 Å². The van der Waals surface area contributed by atoms with Gasteiger partial charge in [-0.1, -0.05) is 0 Å². The fraction of sp³-hybridized carbons (Fsp3) is 0.200. The van der Waals surface area contributed by atoms with Gasteiger partial charge in [0.05, 0.1) is 6.20 Å². The molecule has 0 aliphatic carbocycles. The normalized spacial score (nSPS) is 12.7. The van der Waals surface area contributed by atoms with Crippen molar-refractivity contribution in [1.82, 2.24) is 9.97 Å². The molecule has 0 fully saturated rings. The number of anilines is 1. The summed E-state index contributed by atoms with van der Waals surface area (Å²) in [7, 11) is -10.4. The fourth-order valence-corrected chi connectivity index (χ4v) is 3.10. The summed E-state index contributed by atoms with van der Waals surface area (Å²) in [6, 6.07) is 0. The minimum Gasteiger partial charge on any atom is -0.502 e. The van der Waals surface area contributed by atoms with E-state index in [9.17, 15) is 13.9 Å². The number of rotatable bonds is 4. The average Bonchev–Trinajstić information content (AvgIpc) is 2.16. The standard InChI is InChI=1S/C5H9N3O8P2/c9-2-1-6-4(7-3(2)10)8-5(17(11,12)13)18(14,15)16/h1,5,9H,(H2,11,12,13)(H2,14,15,16)(H2,6,7,8,10). The third-order valence-corrected chi connectivity index (χ3v) is 5.02. The summed E-state index contributed by atoms with van der Waals surface area (Å²) in [6.45, 7) is 0. The average molecular weight is 301 g/mol. The van der Waals surface area contributed by atoms with Crippen LogP contribution < -0.4 is 10.9 Å². The van der Waals surface area contributed by atoms with E-state index in [4.69, 9.17) is 24.7 Å². The van der Waals surface area contributed by atoms with Crippen molar-refractivity contribution in [3.05, 3.63) is 16.6 Å². The van der Waals surface area contributed by atoms with Gasteiger partial charge >= 0.3 is 15.2 Å². The van der Waals surface area contributed by atoms with Crippen molar-refractivity contribution in [3.8, 4) is 5.75 Å². The van der Waals surface area contributed by atoms with Crippen molar-refractivity contribution < 1.29 is 33.8 Å². The summed E-state index contributed by atoms with van der Waals surface area (Å²) in [4.78, 5) is 51.2. The van der Waals surface area contributed by atoms with E-state index in [2.05, 4.69) is 4.98 Å². The molecule has 18 heavy (non-hydrogen) atoms. The predicted octanol–water partition coefficient (Wildman–Crippen LogP) is -1.47. The fourth-order valence-electron chi connectivity index (χ4n) is 0.948. The molecular formula is C5H9N3O8P2. The second-order valence-corrected chi connectivity index (χ2v) is 6.94. The van der Waals surface area contributed by atoms with Crippen LogP contribution in [-0.2, 0) is 9.13 Å². The smallest absolute Gasteiger partial charge is 0.360 e. The quantitative estimate of drug-likeness (QED) is 0.322. The number of aromatic nitrogens is 2. The first-order valence-corrected chi connectivity index (χ1v) is 7.53. The Morgan fingerprint density at radius 3 is 2.11 bits per heavy atom. The molecule has 1 aromatic rings. The second-order valence-electron chi connectivity index (χ2n) is 3.14. The van der Waals surface area contributed by atoms with E-state index in [1.807, 2.05) is 4.98 Å². The Morgan fingerprint density at radius 2 is 1.72 bits per heavy atom. The molecule has 0 saturated heterocycles. The molecule has 0 spiro atoms. The molecular weight excluding hydrogens is 292 g/mol. The predicted molar refractivity (Wildman–Crippen MR) is 58.0 cm³/mol. The van der Waals surface area contributed by atoms with Gasteiger partial charge in [-0.15, -0.1) is 0 Å². The van der Waals surface area contributed by atoms with E-state index in [1.54, 1.807) is 5.32 Å². The number of aromatic hydroxyl groups is 1. The van der Waals surface area contributed by atoms with Gasteiger partial charge in [-0.2, -0.15) is 0 Å². The molecule has 0 aliphatic heterocycles.